The Morgan fingerprint density at radius 2 is 2.04 bits per heavy atom. The summed E-state index contributed by atoms with van der Waals surface area (Å²) in [6.45, 7) is -0.0496. The fourth-order valence-corrected chi connectivity index (χ4v) is 3.81. The summed E-state index contributed by atoms with van der Waals surface area (Å²) in [5.41, 5.74) is 4.89. The van der Waals surface area contributed by atoms with Crippen molar-refractivity contribution in [1.82, 2.24) is 9.55 Å². The lowest BCUT2D eigenvalue weighted by molar-refractivity contribution is -0.0213. The summed E-state index contributed by atoms with van der Waals surface area (Å²) >= 11 is 0. The molecule has 0 spiro atoms. The second-order valence-electron chi connectivity index (χ2n) is 4.52. The van der Waals surface area contributed by atoms with Gasteiger partial charge in [0.05, 0.1) is 12.7 Å². The maximum absolute atomic E-state index is 11.7. The minimum atomic E-state index is -2.80. The van der Waals surface area contributed by atoms with Gasteiger partial charge >= 0.3 is 31.5 Å². The predicted molar refractivity (Wildman–Crippen MR) is 83.8 cm³/mol. The number of anilines is 1. The van der Waals surface area contributed by atoms with E-state index in [2.05, 4.69) is 13.6 Å². The van der Waals surface area contributed by atoms with Crippen LogP contribution in [0, 0.1) is 0 Å². The van der Waals surface area contributed by atoms with Gasteiger partial charge in [-0.25, -0.2) is 13.4 Å². The number of ether oxygens (including phenoxy) is 1. The first-order valence-corrected chi connectivity index (χ1v) is 9.93. The van der Waals surface area contributed by atoms with Crippen LogP contribution in [0.15, 0.2) is 17.1 Å². The molecule has 12 nitrogen and oxygen atoms in total. The molecule has 0 radical (unpaired) electrons. The van der Waals surface area contributed by atoms with Gasteiger partial charge in [-0.3, -0.25) is 4.57 Å². The van der Waals surface area contributed by atoms with Gasteiger partial charge in [-0.05, 0) is 18.9 Å². The SMILES string of the molecule is Nc1ccn(C2CCC(COP(O)OP(O)OP(O)O)O2)c(=O)n1. The van der Waals surface area contributed by atoms with Crippen molar-refractivity contribution in [3.05, 3.63) is 22.7 Å². The van der Waals surface area contributed by atoms with Gasteiger partial charge in [0.25, 0.3) is 0 Å². The maximum atomic E-state index is 11.7. The minimum Gasteiger partial charge on any atom is -0.383 e. The summed E-state index contributed by atoms with van der Waals surface area (Å²) < 4.78 is 20.6. The first kappa shape index (κ1) is 20.0. The number of aromatic nitrogens is 2. The van der Waals surface area contributed by atoms with Crippen molar-refractivity contribution < 1.29 is 37.5 Å². The summed E-state index contributed by atoms with van der Waals surface area (Å²) in [4.78, 5) is 51.0. The molecule has 136 valence electrons. The third-order valence-electron chi connectivity index (χ3n) is 2.90. The molecule has 15 heteroatoms. The van der Waals surface area contributed by atoms with Crippen LogP contribution in [0.5, 0.6) is 0 Å². The van der Waals surface area contributed by atoms with E-state index < -0.39 is 43.8 Å². The van der Waals surface area contributed by atoms with E-state index >= 15 is 0 Å². The maximum Gasteiger partial charge on any atom is 0.351 e. The fraction of sp³-hybridized carbons (Fsp3) is 0.556. The van der Waals surface area contributed by atoms with E-state index in [1.807, 2.05) is 0 Å². The molecule has 4 atom stereocenters. The summed E-state index contributed by atoms with van der Waals surface area (Å²) in [7, 11) is -7.94. The molecular formula is C9H16N3O9P3. The van der Waals surface area contributed by atoms with Crippen LogP contribution in [0.1, 0.15) is 19.1 Å². The molecule has 24 heavy (non-hydrogen) atoms. The Bertz CT molecular complexity index is 591. The van der Waals surface area contributed by atoms with Crippen LogP contribution >= 0.6 is 25.8 Å². The Labute approximate surface area is 139 Å². The van der Waals surface area contributed by atoms with Crippen molar-refractivity contribution in [1.29, 1.82) is 0 Å². The smallest absolute Gasteiger partial charge is 0.351 e. The molecule has 1 aliphatic rings. The van der Waals surface area contributed by atoms with Gasteiger partial charge in [0.2, 0.25) is 0 Å². The Kier molecular flexibility index (Phi) is 7.80. The molecule has 4 unspecified atom stereocenters. The fourth-order valence-electron chi connectivity index (χ4n) is 1.97. The summed E-state index contributed by atoms with van der Waals surface area (Å²) in [5.74, 6) is 0.120. The van der Waals surface area contributed by atoms with E-state index in [-0.39, 0.29) is 12.4 Å². The van der Waals surface area contributed by atoms with Gasteiger partial charge in [-0.15, -0.1) is 0 Å². The molecule has 0 bridgehead atoms. The van der Waals surface area contributed by atoms with Crippen LogP contribution in [-0.2, 0) is 17.9 Å². The number of hydrogen-bond acceptors (Lipinski definition) is 11. The number of nitrogens with two attached hydrogens (primary N) is 1. The number of hydrogen-bond donors (Lipinski definition) is 5. The lowest BCUT2D eigenvalue weighted by atomic mass is 10.2. The molecule has 1 aliphatic heterocycles. The highest BCUT2D eigenvalue weighted by Gasteiger charge is 2.29. The molecule has 0 saturated carbocycles. The average molecular weight is 403 g/mol. The number of rotatable bonds is 8. The Morgan fingerprint density at radius 1 is 1.29 bits per heavy atom. The zero-order valence-electron chi connectivity index (χ0n) is 12.1. The second-order valence-corrected chi connectivity index (χ2v) is 7.54. The number of nitrogens with zero attached hydrogens (tertiary/aromatic N) is 2. The highest BCUT2D eigenvalue weighted by molar-refractivity contribution is 7.60. The highest BCUT2D eigenvalue weighted by atomic mass is 31.3. The van der Waals surface area contributed by atoms with E-state index in [0.29, 0.717) is 12.8 Å². The zero-order chi connectivity index (χ0) is 17.7. The lowest BCUT2D eigenvalue weighted by Gasteiger charge is -2.17. The molecule has 0 aliphatic carbocycles. The summed E-state index contributed by atoms with van der Waals surface area (Å²) in [6.07, 6.45) is 1.67. The standard InChI is InChI=1S/C9H16N3O9P3/c10-7-3-4-12(9(13)11-7)8-2-1-6(19-8)5-18-23(16)21-24(17)20-22(14)15/h3-4,6,8,14-17H,1-2,5H2,(H2,10,11,13). The third-order valence-corrected chi connectivity index (χ3v) is 5.53. The predicted octanol–water partition coefficient (Wildman–Crippen LogP) is 0.203. The Morgan fingerprint density at radius 3 is 2.71 bits per heavy atom. The molecule has 6 N–H and O–H groups in total. The monoisotopic (exact) mass is 403 g/mol. The lowest BCUT2D eigenvalue weighted by Crippen LogP contribution is -2.27. The molecular weight excluding hydrogens is 387 g/mol. The first-order valence-electron chi connectivity index (χ1n) is 6.50. The molecule has 2 heterocycles. The Hall–Kier alpha value is -0.350. The van der Waals surface area contributed by atoms with Crippen molar-refractivity contribution in [2.75, 3.05) is 12.3 Å². The molecule has 1 saturated heterocycles. The van der Waals surface area contributed by atoms with Crippen LogP contribution in [0.2, 0.25) is 0 Å². The van der Waals surface area contributed by atoms with Crippen molar-refractivity contribution in [2.24, 2.45) is 0 Å². The third kappa shape index (κ3) is 6.18. The van der Waals surface area contributed by atoms with Crippen LogP contribution in [0.25, 0.3) is 0 Å². The van der Waals surface area contributed by atoms with Crippen LogP contribution in [0.4, 0.5) is 5.82 Å². The van der Waals surface area contributed by atoms with Gasteiger partial charge < -0.3 is 34.6 Å². The molecule has 2 rings (SSSR count). The first-order chi connectivity index (χ1) is 11.3. The highest BCUT2D eigenvalue weighted by Crippen LogP contribution is 2.55. The van der Waals surface area contributed by atoms with Gasteiger partial charge in [-0.2, -0.15) is 4.98 Å². The quantitative estimate of drug-likeness (QED) is 0.374. The zero-order valence-corrected chi connectivity index (χ0v) is 14.8. The molecule has 0 aromatic carbocycles. The largest absolute Gasteiger partial charge is 0.383 e. The normalized spacial score (nSPS) is 23.5. The second kappa shape index (κ2) is 9.38. The summed E-state index contributed by atoms with van der Waals surface area (Å²) in [6, 6.07) is 1.48. The Balaban J connectivity index is 1.76. The van der Waals surface area contributed by atoms with E-state index in [0.717, 1.165) is 0 Å². The summed E-state index contributed by atoms with van der Waals surface area (Å²) in [5, 5.41) is 0. The van der Waals surface area contributed by atoms with Crippen LogP contribution in [0.3, 0.4) is 0 Å². The number of nitrogen functional groups attached to an aromatic ring is 1. The van der Waals surface area contributed by atoms with Crippen molar-refractivity contribution in [2.45, 2.75) is 25.2 Å². The van der Waals surface area contributed by atoms with Gasteiger partial charge in [0, 0.05) is 6.20 Å². The van der Waals surface area contributed by atoms with E-state index in [4.69, 9.17) is 29.7 Å². The molecule has 1 aromatic heterocycles. The van der Waals surface area contributed by atoms with E-state index in [1.165, 1.54) is 16.8 Å². The van der Waals surface area contributed by atoms with Gasteiger partial charge in [-0.1, -0.05) is 0 Å². The molecule has 1 aromatic rings. The van der Waals surface area contributed by atoms with Crippen molar-refractivity contribution in [3.63, 3.8) is 0 Å². The molecule has 1 fully saturated rings. The molecule has 0 amide bonds. The van der Waals surface area contributed by atoms with E-state index in [1.54, 1.807) is 0 Å². The average Bonchev–Trinajstić information content (AvgIpc) is 2.92. The van der Waals surface area contributed by atoms with Gasteiger partial charge in [0.15, 0.2) is 0 Å². The van der Waals surface area contributed by atoms with Crippen molar-refractivity contribution in [3.8, 4) is 0 Å². The van der Waals surface area contributed by atoms with Crippen LogP contribution in [-0.4, -0.2) is 41.8 Å². The van der Waals surface area contributed by atoms with E-state index in [9.17, 15) is 9.69 Å². The van der Waals surface area contributed by atoms with Gasteiger partial charge in [0.1, 0.15) is 12.0 Å². The minimum absolute atomic E-state index is 0.0496. The topological polar surface area (TPSA) is 179 Å². The van der Waals surface area contributed by atoms with Crippen molar-refractivity contribution >= 4 is 31.6 Å². The van der Waals surface area contributed by atoms with Crippen LogP contribution < -0.4 is 11.4 Å².